The quantitative estimate of drug-likeness (QED) is 0.814. The molecule has 1 rings (SSSR count). The van der Waals surface area contributed by atoms with Crippen molar-refractivity contribution in [3.05, 3.63) is 22.4 Å². The van der Waals surface area contributed by atoms with Gasteiger partial charge in [-0.05, 0) is 17.4 Å². The predicted molar refractivity (Wildman–Crippen MR) is 65.0 cm³/mol. The Kier molecular flexibility index (Phi) is 6.76. The van der Waals surface area contributed by atoms with Gasteiger partial charge in [-0.2, -0.15) is 0 Å². The number of nitrogens with two attached hydrogens (primary N) is 1. The second-order valence-electron chi connectivity index (χ2n) is 3.59. The Hall–Kier alpha value is -0.420. The first-order valence-electron chi connectivity index (χ1n) is 4.85. The molecule has 0 amide bonds. The minimum Gasteiger partial charge on any atom is -0.341 e. The second-order valence-corrected chi connectivity index (χ2v) is 4.57. The van der Waals surface area contributed by atoms with Gasteiger partial charge in [0.1, 0.15) is 0 Å². The molecule has 0 fully saturated rings. The Morgan fingerprint density at radius 2 is 1.87 bits per heavy atom. The van der Waals surface area contributed by atoms with Crippen LogP contribution in [-0.2, 0) is 9.47 Å². The van der Waals surface area contributed by atoms with Gasteiger partial charge in [-0.1, -0.05) is 19.9 Å². The molecular formula is C11H21NO2S. The molecule has 0 radical (unpaired) electrons. The van der Waals surface area contributed by atoms with Crippen molar-refractivity contribution >= 4 is 11.3 Å². The summed E-state index contributed by atoms with van der Waals surface area (Å²) in [7, 11) is 2.98. The summed E-state index contributed by atoms with van der Waals surface area (Å²) in [4.78, 5) is 1.48. The van der Waals surface area contributed by atoms with E-state index in [1.54, 1.807) is 6.92 Å². The number of hydrogen-bond acceptors (Lipinski definition) is 4. The van der Waals surface area contributed by atoms with Gasteiger partial charge in [0.25, 0.3) is 0 Å². The largest absolute Gasteiger partial charge is 0.341 e. The van der Waals surface area contributed by atoms with Gasteiger partial charge in [0, 0.05) is 26.0 Å². The highest BCUT2D eigenvalue weighted by Gasteiger charge is 2.12. The van der Waals surface area contributed by atoms with Crippen LogP contribution >= 0.6 is 11.3 Å². The number of thiophene rings is 1. The average molecular weight is 231 g/mol. The topological polar surface area (TPSA) is 44.5 Å². The van der Waals surface area contributed by atoms with Crippen LogP contribution in [0.5, 0.6) is 0 Å². The van der Waals surface area contributed by atoms with Crippen molar-refractivity contribution < 1.29 is 9.47 Å². The molecule has 0 aliphatic heterocycles. The van der Waals surface area contributed by atoms with E-state index in [0.717, 1.165) is 0 Å². The Bertz CT molecular complexity index is 239. The zero-order valence-electron chi connectivity index (χ0n) is 10.1. The van der Waals surface area contributed by atoms with Crippen LogP contribution < -0.4 is 5.73 Å². The predicted octanol–water partition coefficient (Wildman–Crippen LogP) is 2.78. The lowest BCUT2D eigenvalue weighted by Crippen LogP contribution is -2.39. The molecule has 0 aliphatic rings. The minimum absolute atomic E-state index is 0.704. The van der Waals surface area contributed by atoms with E-state index in [-0.39, 0.29) is 0 Å². The van der Waals surface area contributed by atoms with Gasteiger partial charge in [-0.15, -0.1) is 11.3 Å². The van der Waals surface area contributed by atoms with Crippen molar-refractivity contribution in [1.29, 1.82) is 0 Å². The van der Waals surface area contributed by atoms with Gasteiger partial charge in [0.2, 0.25) is 5.91 Å². The van der Waals surface area contributed by atoms with Crippen LogP contribution in [0.2, 0.25) is 0 Å². The molecule has 3 nitrogen and oxygen atoms in total. The van der Waals surface area contributed by atoms with E-state index in [2.05, 4.69) is 40.8 Å². The fraction of sp³-hybridized carbons (Fsp3) is 0.636. The van der Waals surface area contributed by atoms with Gasteiger partial charge < -0.3 is 9.47 Å². The molecule has 2 N–H and O–H groups in total. The number of ether oxygens (including phenoxy) is 2. The first-order chi connectivity index (χ1) is 6.93. The molecule has 1 aromatic heterocycles. The van der Waals surface area contributed by atoms with Crippen molar-refractivity contribution in [3.63, 3.8) is 0 Å². The van der Waals surface area contributed by atoms with Crippen LogP contribution in [0.1, 0.15) is 31.6 Å². The molecule has 4 heteroatoms. The van der Waals surface area contributed by atoms with E-state index in [9.17, 15) is 0 Å². The van der Waals surface area contributed by atoms with Crippen molar-refractivity contribution in [1.82, 2.24) is 0 Å². The lowest BCUT2D eigenvalue weighted by Gasteiger charge is -2.19. The molecular weight excluding hydrogens is 210 g/mol. The van der Waals surface area contributed by atoms with Crippen LogP contribution in [-0.4, -0.2) is 20.1 Å². The van der Waals surface area contributed by atoms with Crippen LogP contribution in [0.25, 0.3) is 0 Å². The molecule has 0 bridgehead atoms. The van der Waals surface area contributed by atoms with Crippen molar-refractivity contribution in [2.45, 2.75) is 32.6 Å². The third-order valence-corrected chi connectivity index (χ3v) is 3.10. The molecule has 0 saturated heterocycles. The summed E-state index contributed by atoms with van der Waals surface area (Å²) in [5.41, 5.74) is 5.27. The molecule has 1 aromatic rings. The highest BCUT2D eigenvalue weighted by molar-refractivity contribution is 7.10. The lowest BCUT2D eigenvalue weighted by atomic mass is 10.2. The molecule has 0 unspecified atom stereocenters. The summed E-state index contributed by atoms with van der Waals surface area (Å²) in [6.45, 7) is 6.06. The van der Waals surface area contributed by atoms with Gasteiger partial charge in [0.15, 0.2) is 0 Å². The van der Waals surface area contributed by atoms with E-state index in [1.807, 2.05) is 11.3 Å². The fourth-order valence-corrected chi connectivity index (χ4v) is 1.45. The Morgan fingerprint density at radius 3 is 2.00 bits per heavy atom. The molecule has 88 valence electrons. The minimum atomic E-state index is -0.917. The monoisotopic (exact) mass is 231 g/mol. The second kappa shape index (κ2) is 6.95. The van der Waals surface area contributed by atoms with Crippen LogP contribution in [0, 0.1) is 0 Å². The van der Waals surface area contributed by atoms with Crippen molar-refractivity contribution in [2.24, 2.45) is 5.73 Å². The summed E-state index contributed by atoms with van der Waals surface area (Å²) in [6.07, 6.45) is 0. The highest BCUT2D eigenvalue weighted by Crippen LogP contribution is 2.18. The highest BCUT2D eigenvalue weighted by atomic mass is 32.1. The maximum atomic E-state index is 5.27. The van der Waals surface area contributed by atoms with Crippen LogP contribution in [0.3, 0.4) is 0 Å². The van der Waals surface area contributed by atoms with E-state index in [0.29, 0.717) is 5.92 Å². The van der Waals surface area contributed by atoms with E-state index < -0.39 is 5.91 Å². The Balaban J connectivity index is 0.000000265. The summed E-state index contributed by atoms with van der Waals surface area (Å²) in [5, 5.41) is 2.12. The van der Waals surface area contributed by atoms with Gasteiger partial charge in [0.05, 0.1) is 0 Å². The summed E-state index contributed by atoms with van der Waals surface area (Å²) >= 11 is 1.83. The van der Waals surface area contributed by atoms with Crippen molar-refractivity contribution in [3.8, 4) is 0 Å². The Morgan fingerprint density at radius 1 is 1.33 bits per heavy atom. The molecule has 15 heavy (non-hydrogen) atoms. The van der Waals surface area contributed by atoms with E-state index in [4.69, 9.17) is 5.73 Å². The maximum Gasteiger partial charge on any atom is 0.221 e. The maximum absolute atomic E-state index is 5.27. The third kappa shape index (κ3) is 6.62. The summed E-state index contributed by atoms with van der Waals surface area (Å²) < 4.78 is 9.28. The summed E-state index contributed by atoms with van der Waals surface area (Å²) in [6, 6.07) is 4.27. The van der Waals surface area contributed by atoms with Crippen LogP contribution in [0.4, 0.5) is 0 Å². The molecule has 0 atom stereocenters. The van der Waals surface area contributed by atoms with Crippen molar-refractivity contribution in [2.75, 3.05) is 14.2 Å². The molecule has 0 spiro atoms. The number of hydrogen-bond donors (Lipinski definition) is 1. The SMILES string of the molecule is CC(C)c1cccs1.COC(C)(N)OC. The van der Waals surface area contributed by atoms with Gasteiger partial charge in [-0.25, -0.2) is 0 Å². The molecule has 0 aromatic carbocycles. The molecule has 0 saturated carbocycles. The Labute approximate surface area is 96.2 Å². The average Bonchev–Trinajstić information content (AvgIpc) is 2.72. The zero-order valence-corrected chi connectivity index (χ0v) is 10.9. The molecule has 1 heterocycles. The van der Waals surface area contributed by atoms with E-state index in [1.165, 1.54) is 19.1 Å². The van der Waals surface area contributed by atoms with Crippen LogP contribution in [0.15, 0.2) is 17.5 Å². The smallest absolute Gasteiger partial charge is 0.221 e. The van der Waals surface area contributed by atoms with Gasteiger partial charge in [-0.3, -0.25) is 5.73 Å². The lowest BCUT2D eigenvalue weighted by molar-refractivity contribution is -0.188. The first kappa shape index (κ1) is 14.6. The molecule has 0 aliphatic carbocycles. The third-order valence-electron chi connectivity index (χ3n) is 1.92. The first-order valence-corrected chi connectivity index (χ1v) is 5.73. The fourth-order valence-electron chi connectivity index (χ4n) is 0.703. The number of rotatable bonds is 3. The summed E-state index contributed by atoms with van der Waals surface area (Å²) in [5.74, 6) is -0.213. The van der Waals surface area contributed by atoms with E-state index >= 15 is 0 Å². The zero-order chi connectivity index (χ0) is 11.9. The standard InChI is InChI=1S/C7H10S.C4H11NO2/c1-6(2)7-4-3-5-8-7;1-4(5,6-2)7-3/h3-6H,1-2H3;5H2,1-3H3. The normalized spacial score (nSPS) is 11.1. The number of methoxy groups -OCH3 is 2. The van der Waals surface area contributed by atoms with Gasteiger partial charge >= 0.3 is 0 Å².